The summed E-state index contributed by atoms with van der Waals surface area (Å²) in [5.74, 6) is -0.136. The van der Waals surface area contributed by atoms with Gasteiger partial charge in [-0.25, -0.2) is 4.98 Å². The van der Waals surface area contributed by atoms with Crippen LogP contribution in [0.15, 0.2) is 67.1 Å². The van der Waals surface area contributed by atoms with E-state index in [0.29, 0.717) is 23.5 Å². The number of primary amides is 1. The van der Waals surface area contributed by atoms with Crippen molar-refractivity contribution in [2.24, 2.45) is 5.73 Å². The molecule has 33 heavy (non-hydrogen) atoms. The first-order chi connectivity index (χ1) is 16.1. The Morgan fingerprint density at radius 1 is 0.970 bits per heavy atom. The number of carbonyl (C=O) groups excluding carboxylic acids is 2. The van der Waals surface area contributed by atoms with Gasteiger partial charge in [-0.15, -0.1) is 0 Å². The number of likely N-dealkylation sites (tertiary alicyclic amines) is 1. The first-order valence-corrected chi connectivity index (χ1v) is 11.2. The van der Waals surface area contributed by atoms with Crippen molar-refractivity contribution in [1.82, 2.24) is 20.2 Å². The Balaban J connectivity index is 1.54. The molecule has 1 saturated heterocycles. The van der Waals surface area contributed by atoms with E-state index in [4.69, 9.17) is 5.73 Å². The van der Waals surface area contributed by atoms with Crippen molar-refractivity contribution in [1.29, 1.82) is 0 Å². The molecule has 1 aliphatic rings. The van der Waals surface area contributed by atoms with Crippen LogP contribution in [0.3, 0.4) is 0 Å². The van der Waals surface area contributed by atoms with E-state index >= 15 is 0 Å². The summed E-state index contributed by atoms with van der Waals surface area (Å²) in [6.07, 6.45) is 8.36. The lowest BCUT2D eigenvalue weighted by Gasteiger charge is -2.24. The molecule has 2 aromatic heterocycles. The van der Waals surface area contributed by atoms with Gasteiger partial charge in [0.15, 0.2) is 0 Å². The highest BCUT2D eigenvalue weighted by Crippen LogP contribution is 2.33. The average molecular weight is 445 g/mol. The van der Waals surface area contributed by atoms with E-state index in [1.54, 1.807) is 36.8 Å². The van der Waals surface area contributed by atoms with Crippen LogP contribution in [0.25, 0.3) is 0 Å². The molecular weight excluding hydrogens is 416 g/mol. The first-order valence-electron chi connectivity index (χ1n) is 11.2. The molecule has 0 radical (unpaired) electrons. The van der Waals surface area contributed by atoms with Crippen molar-refractivity contribution in [2.45, 2.75) is 19.3 Å². The Morgan fingerprint density at radius 3 is 2.52 bits per heavy atom. The van der Waals surface area contributed by atoms with Crippen LogP contribution in [0, 0.1) is 0 Å². The second kappa shape index (κ2) is 10.7. The Morgan fingerprint density at radius 2 is 1.76 bits per heavy atom. The van der Waals surface area contributed by atoms with Gasteiger partial charge < -0.3 is 16.0 Å². The molecular formula is C25H28N6O2. The molecule has 8 heteroatoms. The van der Waals surface area contributed by atoms with Gasteiger partial charge in [0, 0.05) is 41.9 Å². The van der Waals surface area contributed by atoms with Gasteiger partial charge in [0.2, 0.25) is 5.91 Å². The normalized spacial score (nSPS) is 13.6. The Bertz CT molecular complexity index is 1100. The van der Waals surface area contributed by atoms with Gasteiger partial charge in [0.25, 0.3) is 5.91 Å². The van der Waals surface area contributed by atoms with Crippen LogP contribution in [0.5, 0.6) is 0 Å². The molecule has 0 saturated carbocycles. The number of aromatic nitrogens is 2. The summed E-state index contributed by atoms with van der Waals surface area (Å²) < 4.78 is 0. The van der Waals surface area contributed by atoms with Crippen molar-refractivity contribution in [2.75, 3.05) is 31.1 Å². The third-order valence-corrected chi connectivity index (χ3v) is 5.68. The number of benzene rings is 1. The van der Waals surface area contributed by atoms with E-state index in [1.165, 1.54) is 12.8 Å². The fraction of sp³-hybridized carbons (Fsp3) is 0.280. The summed E-state index contributed by atoms with van der Waals surface area (Å²) in [6, 6.07) is 14.2. The zero-order valence-corrected chi connectivity index (χ0v) is 18.5. The maximum absolute atomic E-state index is 12.8. The minimum absolute atomic E-state index is 0.119. The number of hydrogen-bond acceptors (Lipinski definition) is 6. The van der Waals surface area contributed by atoms with E-state index in [0.717, 1.165) is 37.4 Å². The van der Waals surface area contributed by atoms with Gasteiger partial charge in [-0.05, 0) is 81.4 Å². The third kappa shape index (κ3) is 5.72. The third-order valence-electron chi connectivity index (χ3n) is 5.68. The van der Waals surface area contributed by atoms with Crippen molar-refractivity contribution in [3.63, 3.8) is 0 Å². The lowest BCUT2D eigenvalue weighted by molar-refractivity contribution is 0.0950. The number of nitrogens with two attached hydrogens (primary N) is 1. The molecule has 2 amide bonds. The predicted octanol–water partition coefficient (Wildman–Crippen LogP) is 3.26. The highest BCUT2D eigenvalue weighted by Gasteiger charge is 2.17. The van der Waals surface area contributed by atoms with Crippen LogP contribution < -0.4 is 16.0 Å². The lowest BCUT2D eigenvalue weighted by atomic mass is 10.1. The Labute approximate surface area is 193 Å². The van der Waals surface area contributed by atoms with E-state index in [2.05, 4.69) is 20.2 Å². The number of amides is 2. The number of hydrogen-bond donors (Lipinski definition) is 2. The van der Waals surface area contributed by atoms with Crippen LogP contribution in [-0.2, 0) is 0 Å². The Hall–Kier alpha value is -3.78. The average Bonchev–Trinajstić information content (AvgIpc) is 3.37. The first kappa shape index (κ1) is 22.4. The zero-order valence-electron chi connectivity index (χ0n) is 18.5. The number of anilines is 3. The molecule has 8 nitrogen and oxygen atoms in total. The number of pyridine rings is 2. The number of nitrogens with one attached hydrogen (secondary N) is 1. The maximum Gasteiger partial charge on any atom is 0.251 e. The van der Waals surface area contributed by atoms with Gasteiger partial charge in [-0.1, -0.05) is 6.07 Å². The zero-order chi connectivity index (χ0) is 23.0. The monoisotopic (exact) mass is 444 g/mol. The van der Waals surface area contributed by atoms with Gasteiger partial charge in [0.1, 0.15) is 5.82 Å². The molecule has 0 aliphatic carbocycles. The molecule has 1 fully saturated rings. The SMILES string of the molecule is NC(=O)c1ccnc(N(c2ccncc2)c2cccc(C(=O)NCCCN3CCCC3)c2)c1. The predicted molar refractivity (Wildman–Crippen MR) is 128 cm³/mol. The Kier molecular flexibility index (Phi) is 7.26. The van der Waals surface area contributed by atoms with Crippen molar-refractivity contribution >= 4 is 29.0 Å². The molecule has 0 atom stereocenters. The molecule has 0 bridgehead atoms. The highest BCUT2D eigenvalue weighted by molar-refractivity contribution is 5.96. The largest absolute Gasteiger partial charge is 0.366 e. The topological polar surface area (TPSA) is 104 Å². The van der Waals surface area contributed by atoms with Gasteiger partial charge >= 0.3 is 0 Å². The number of nitrogens with zero attached hydrogens (tertiary/aromatic N) is 4. The summed E-state index contributed by atoms with van der Waals surface area (Å²) in [6.45, 7) is 3.96. The smallest absolute Gasteiger partial charge is 0.251 e. The summed E-state index contributed by atoms with van der Waals surface area (Å²) in [7, 11) is 0. The fourth-order valence-corrected chi connectivity index (χ4v) is 4.00. The fourth-order valence-electron chi connectivity index (χ4n) is 4.00. The summed E-state index contributed by atoms with van der Waals surface area (Å²) in [5.41, 5.74) is 7.91. The quantitative estimate of drug-likeness (QED) is 0.491. The summed E-state index contributed by atoms with van der Waals surface area (Å²) in [5, 5.41) is 3.02. The minimum atomic E-state index is -0.532. The highest BCUT2D eigenvalue weighted by atomic mass is 16.2. The molecule has 1 aliphatic heterocycles. The standard InChI is InChI=1S/C25H28N6O2/c26-24(32)19-7-13-28-23(18-19)31(21-8-11-27-12-9-21)22-6-3-5-20(17-22)25(33)29-10-4-16-30-14-1-2-15-30/h3,5-9,11-13,17-18H,1-2,4,10,14-16H2,(H2,26,32)(H,29,33). The van der Waals surface area contributed by atoms with Crippen LogP contribution >= 0.6 is 0 Å². The van der Waals surface area contributed by atoms with Crippen LogP contribution in [0.2, 0.25) is 0 Å². The number of rotatable bonds is 9. The molecule has 4 rings (SSSR count). The van der Waals surface area contributed by atoms with Crippen molar-refractivity contribution in [3.8, 4) is 0 Å². The van der Waals surface area contributed by atoms with Gasteiger partial charge in [-0.3, -0.25) is 19.5 Å². The summed E-state index contributed by atoms with van der Waals surface area (Å²) in [4.78, 5) is 37.3. The molecule has 3 aromatic rings. The second-order valence-electron chi connectivity index (χ2n) is 8.02. The second-order valence-corrected chi connectivity index (χ2v) is 8.02. The van der Waals surface area contributed by atoms with Crippen LogP contribution in [0.4, 0.5) is 17.2 Å². The van der Waals surface area contributed by atoms with Crippen molar-refractivity contribution in [3.05, 3.63) is 78.2 Å². The minimum Gasteiger partial charge on any atom is -0.366 e. The van der Waals surface area contributed by atoms with Crippen molar-refractivity contribution < 1.29 is 9.59 Å². The maximum atomic E-state index is 12.8. The molecule has 0 unspecified atom stereocenters. The van der Waals surface area contributed by atoms with E-state index in [-0.39, 0.29) is 5.91 Å². The lowest BCUT2D eigenvalue weighted by Crippen LogP contribution is -2.28. The van der Waals surface area contributed by atoms with E-state index in [9.17, 15) is 9.59 Å². The molecule has 170 valence electrons. The van der Waals surface area contributed by atoms with Gasteiger partial charge in [-0.2, -0.15) is 0 Å². The molecule has 3 N–H and O–H groups in total. The van der Waals surface area contributed by atoms with Crippen LogP contribution in [0.1, 0.15) is 40.0 Å². The molecule has 0 spiro atoms. The molecule has 1 aromatic carbocycles. The van der Waals surface area contributed by atoms with Gasteiger partial charge in [0.05, 0.1) is 5.69 Å². The molecule has 3 heterocycles. The summed E-state index contributed by atoms with van der Waals surface area (Å²) >= 11 is 0. The van der Waals surface area contributed by atoms with E-state index in [1.807, 2.05) is 35.2 Å². The number of carbonyl (C=O) groups is 2. The van der Waals surface area contributed by atoms with Crippen LogP contribution in [-0.4, -0.2) is 52.9 Å². The van der Waals surface area contributed by atoms with E-state index < -0.39 is 5.91 Å².